The van der Waals surface area contributed by atoms with Gasteiger partial charge in [-0.2, -0.15) is 0 Å². The first-order valence-electron chi connectivity index (χ1n) is 8.65. The Morgan fingerprint density at radius 2 is 2.05 bits per heavy atom. The highest BCUT2D eigenvalue weighted by molar-refractivity contribution is 6.74. The van der Waals surface area contributed by atoms with Gasteiger partial charge in [0.15, 0.2) is 14.1 Å². The molecule has 22 heavy (non-hydrogen) atoms. The van der Waals surface area contributed by atoms with Crippen LogP contribution in [-0.2, 0) is 14.0 Å². The van der Waals surface area contributed by atoms with Crippen molar-refractivity contribution < 1.29 is 14.0 Å². The number of ether oxygens (including phenoxy) is 1. The summed E-state index contributed by atoms with van der Waals surface area (Å²) < 4.78 is 12.8. The van der Waals surface area contributed by atoms with Crippen molar-refractivity contribution in [3.05, 3.63) is 12.2 Å². The summed E-state index contributed by atoms with van der Waals surface area (Å²) in [5.41, 5.74) is -0.456. The number of hydrogen-bond donors (Lipinski definition) is 0. The van der Waals surface area contributed by atoms with E-state index >= 15 is 0 Å². The van der Waals surface area contributed by atoms with E-state index in [1.807, 2.05) is 0 Å². The van der Waals surface area contributed by atoms with Gasteiger partial charge in [0.05, 0.1) is 23.7 Å². The van der Waals surface area contributed by atoms with Gasteiger partial charge in [0.2, 0.25) is 0 Å². The summed E-state index contributed by atoms with van der Waals surface area (Å²) in [5.74, 6) is 0.449. The third-order valence-electron chi connectivity index (χ3n) is 6.59. The molecule has 124 valence electrons. The van der Waals surface area contributed by atoms with Crippen LogP contribution in [0.1, 0.15) is 47.0 Å². The molecule has 0 aromatic rings. The highest BCUT2D eigenvalue weighted by Gasteiger charge is 2.61. The summed E-state index contributed by atoms with van der Waals surface area (Å²) in [4.78, 5) is 13.2. The summed E-state index contributed by atoms with van der Waals surface area (Å²) >= 11 is 0. The van der Waals surface area contributed by atoms with E-state index in [-0.39, 0.29) is 29.3 Å². The van der Waals surface area contributed by atoms with Crippen LogP contribution < -0.4 is 0 Å². The number of ketones is 1. The van der Waals surface area contributed by atoms with Gasteiger partial charge in [-0.05, 0) is 37.9 Å². The largest absolute Gasteiger partial charge is 0.413 e. The van der Waals surface area contributed by atoms with E-state index in [0.29, 0.717) is 5.78 Å². The summed E-state index contributed by atoms with van der Waals surface area (Å²) in [7, 11) is -1.90. The topological polar surface area (TPSA) is 35.5 Å². The van der Waals surface area contributed by atoms with Crippen molar-refractivity contribution >= 4 is 14.1 Å². The maximum Gasteiger partial charge on any atom is 0.192 e. The van der Waals surface area contributed by atoms with E-state index < -0.39 is 13.7 Å². The molecule has 3 rings (SSSR count). The number of carbonyl (C=O) groups is 1. The highest BCUT2D eigenvalue weighted by atomic mass is 28.4. The molecule has 0 spiro atoms. The molecule has 3 nitrogen and oxygen atoms in total. The van der Waals surface area contributed by atoms with E-state index in [1.54, 1.807) is 0 Å². The summed E-state index contributed by atoms with van der Waals surface area (Å²) in [6.07, 6.45) is 7.08. The Bertz CT molecular complexity index is 505. The van der Waals surface area contributed by atoms with E-state index in [1.165, 1.54) is 0 Å². The Hall–Kier alpha value is -0.453. The minimum absolute atomic E-state index is 0.0194. The van der Waals surface area contributed by atoms with Gasteiger partial charge in [0.1, 0.15) is 0 Å². The molecule has 2 fully saturated rings. The molecule has 0 N–H and O–H groups in total. The molecule has 0 aromatic carbocycles. The Balaban J connectivity index is 1.91. The molecule has 1 saturated carbocycles. The molecule has 0 radical (unpaired) electrons. The van der Waals surface area contributed by atoms with Crippen molar-refractivity contribution in [1.82, 2.24) is 0 Å². The van der Waals surface area contributed by atoms with Crippen LogP contribution in [0.4, 0.5) is 0 Å². The van der Waals surface area contributed by atoms with Gasteiger partial charge in [0.25, 0.3) is 0 Å². The zero-order valence-corrected chi connectivity index (χ0v) is 15.8. The fourth-order valence-electron chi connectivity index (χ4n) is 4.16. The Morgan fingerprint density at radius 3 is 2.68 bits per heavy atom. The second-order valence-electron chi connectivity index (χ2n) is 8.83. The number of Topliss-reactive ketones (excluding diaryl/α,β-unsaturated/α-hetero) is 1. The first kappa shape index (κ1) is 16.4. The minimum Gasteiger partial charge on any atom is -0.413 e. The lowest BCUT2D eigenvalue weighted by Gasteiger charge is -2.52. The monoisotopic (exact) mass is 322 g/mol. The van der Waals surface area contributed by atoms with Gasteiger partial charge < -0.3 is 9.16 Å². The average Bonchev–Trinajstić information content (AvgIpc) is 2.83. The highest BCUT2D eigenvalue weighted by Crippen LogP contribution is 2.53. The van der Waals surface area contributed by atoms with Gasteiger partial charge in [-0.3, -0.25) is 4.79 Å². The van der Waals surface area contributed by atoms with Gasteiger partial charge in [-0.25, -0.2) is 0 Å². The van der Waals surface area contributed by atoms with Crippen molar-refractivity contribution in [3.63, 3.8) is 0 Å². The standard InChI is InChI=1S/C18H30O3Si/c1-12(21-22(5,6)17(2,3)4)18-11-7-8-13(16(18)19)14-9-10-15(18)20-14/h9-10,12-15H,7-8,11H2,1-6H3/t12-,13-,14-,15+,18-/m0/s1. The quantitative estimate of drug-likeness (QED) is 0.580. The Morgan fingerprint density at radius 1 is 1.36 bits per heavy atom. The molecule has 4 heteroatoms. The van der Waals surface area contributed by atoms with Crippen LogP contribution >= 0.6 is 0 Å². The molecule has 1 aliphatic carbocycles. The van der Waals surface area contributed by atoms with Crippen LogP contribution in [0.15, 0.2) is 12.2 Å². The first-order chi connectivity index (χ1) is 10.1. The predicted octanol–water partition coefficient (Wildman–Crippen LogP) is 4.09. The maximum absolute atomic E-state index is 13.2. The van der Waals surface area contributed by atoms with Crippen molar-refractivity contribution in [3.8, 4) is 0 Å². The molecular weight excluding hydrogens is 292 g/mol. The molecular formula is C18H30O3Si. The fraction of sp³-hybridized carbons (Fsp3) is 0.833. The zero-order valence-electron chi connectivity index (χ0n) is 14.8. The van der Waals surface area contributed by atoms with Crippen molar-refractivity contribution in [1.29, 1.82) is 0 Å². The Labute approximate surface area is 135 Å². The second kappa shape index (κ2) is 5.02. The molecule has 2 aliphatic heterocycles. The van der Waals surface area contributed by atoms with E-state index in [2.05, 4.69) is 52.9 Å². The van der Waals surface area contributed by atoms with Gasteiger partial charge in [-0.1, -0.05) is 39.3 Å². The number of hydrogen-bond acceptors (Lipinski definition) is 3. The number of carbonyl (C=O) groups excluding carboxylic acids is 1. The lowest BCUT2D eigenvalue weighted by Crippen LogP contribution is -2.62. The lowest BCUT2D eigenvalue weighted by molar-refractivity contribution is -0.181. The van der Waals surface area contributed by atoms with Crippen molar-refractivity contribution in [2.75, 3.05) is 0 Å². The zero-order chi connectivity index (χ0) is 16.3. The lowest BCUT2D eigenvalue weighted by atomic mass is 9.61. The first-order valence-corrected chi connectivity index (χ1v) is 11.6. The van der Waals surface area contributed by atoms with Gasteiger partial charge in [-0.15, -0.1) is 0 Å². The van der Waals surface area contributed by atoms with E-state index in [4.69, 9.17) is 9.16 Å². The van der Waals surface area contributed by atoms with Crippen LogP contribution in [0.5, 0.6) is 0 Å². The number of rotatable bonds is 3. The van der Waals surface area contributed by atoms with Crippen molar-refractivity contribution in [2.45, 2.75) is 83.4 Å². The third kappa shape index (κ3) is 2.18. The third-order valence-corrected chi connectivity index (χ3v) is 11.1. The van der Waals surface area contributed by atoms with Crippen LogP contribution in [0.25, 0.3) is 0 Å². The van der Waals surface area contributed by atoms with E-state index in [0.717, 1.165) is 19.3 Å². The summed E-state index contributed by atoms with van der Waals surface area (Å²) in [5, 5.41) is 0.151. The van der Waals surface area contributed by atoms with E-state index in [9.17, 15) is 4.79 Å². The fourth-order valence-corrected chi connectivity index (χ4v) is 5.61. The smallest absolute Gasteiger partial charge is 0.192 e. The summed E-state index contributed by atoms with van der Waals surface area (Å²) in [6.45, 7) is 13.4. The molecule has 2 heterocycles. The molecule has 0 aromatic heterocycles. The molecule has 5 atom stereocenters. The minimum atomic E-state index is -1.90. The molecule has 0 unspecified atom stereocenters. The van der Waals surface area contributed by atoms with Crippen LogP contribution in [-0.4, -0.2) is 32.4 Å². The molecule has 1 saturated heterocycles. The SMILES string of the molecule is C[C@H](O[Si](C)(C)C(C)(C)C)[C@]12CCC[C@H](C1=O)[C@@H]1C=C[C@H]2O1. The molecule has 4 bridgehead atoms. The molecule has 0 amide bonds. The normalized spacial score (nSPS) is 39.2. The van der Waals surface area contributed by atoms with Crippen molar-refractivity contribution in [2.24, 2.45) is 11.3 Å². The van der Waals surface area contributed by atoms with Gasteiger partial charge in [0, 0.05) is 5.92 Å². The summed E-state index contributed by atoms with van der Waals surface area (Å²) in [6, 6.07) is 0. The van der Waals surface area contributed by atoms with Crippen LogP contribution in [0, 0.1) is 11.3 Å². The maximum atomic E-state index is 13.2. The molecule has 3 aliphatic rings. The van der Waals surface area contributed by atoms with Crippen LogP contribution in [0.2, 0.25) is 18.1 Å². The number of fused-ring (bicyclic) bond motifs is 6. The van der Waals surface area contributed by atoms with Crippen LogP contribution in [0.3, 0.4) is 0 Å². The predicted molar refractivity (Wildman–Crippen MR) is 90.3 cm³/mol. The second-order valence-corrected chi connectivity index (χ2v) is 13.6. The average molecular weight is 323 g/mol. The van der Waals surface area contributed by atoms with Gasteiger partial charge >= 0.3 is 0 Å². The Kier molecular flexibility index (Phi) is 3.74.